The van der Waals surface area contributed by atoms with E-state index in [4.69, 9.17) is 9.26 Å². The summed E-state index contributed by atoms with van der Waals surface area (Å²) in [4.78, 5) is 17.4. The summed E-state index contributed by atoms with van der Waals surface area (Å²) in [5.74, 6) is -1.07. The molecule has 0 radical (unpaired) electrons. The molecule has 0 spiro atoms. The number of ether oxygens (including phenoxy) is 1. The number of aromatic nitrogens is 4. The Morgan fingerprint density at radius 3 is 2.55 bits per heavy atom. The van der Waals surface area contributed by atoms with Crippen LogP contribution >= 0.6 is 0 Å². The lowest BCUT2D eigenvalue weighted by molar-refractivity contribution is -0.144. The van der Waals surface area contributed by atoms with Crippen molar-refractivity contribution in [3.05, 3.63) is 66.0 Å². The zero-order chi connectivity index (χ0) is 28.4. The van der Waals surface area contributed by atoms with Gasteiger partial charge in [-0.2, -0.15) is 23.3 Å². The summed E-state index contributed by atoms with van der Waals surface area (Å²) in [5, 5.41) is 27.7. The molecule has 0 saturated carbocycles. The van der Waals surface area contributed by atoms with E-state index < -0.39 is 29.9 Å². The van der Waals surface area contributed by atoms with Crippen LogP contribution in [0, 0.1) is 5.92 Å². The number of hydrogen-bond acceptors (Lipinski definition) is 8. The molecule has 0 amide bonds. The number of likely N-dealkylation sites (tertiary alicyclic amines) is 1. The lowest BCUT2D eigenvalue weighted by atomic mass is 9.97. The molecule has 40 heavy (non-hydrogen) atoms. The molecule has 2 aromatic carbocycles. The monoisotopic (exact) mass is 557 g/mol. The summed E-state index contributed by atoms with van der Waals surface area (Å²) < 4.78 is 53.3. The molecule has 0 aliphatic carbocycles. The van der Waals surface area contributed by atoms with E-state index in [1.807, 2.05) is 4.90 Å². The molecule has 0 unspecified atom stereocenters. The Hall–Kier alpha value is -4.23. The molecule has 210 valence electrons. The molecule has 0 bridgehead atoms. The van der Waals surface area contributed by atoms with Crippen LogP contribution in [0.15, 0.2) is 59.3 Å². The minimum Gasteiger partial charge on any atom is -0.497 e. The van der Waals surface area contributed by atoms with E-state index in [-0.39, 0.29) is 29.5 Å². The van der Waals surface area contributed by atoms with Gasteiger partial charge in [0.15, 0.2) is 5.69 Å². The molecule has 2 atom stereocenters. The Labute approximate surface area is 226 Å². The number of methoxy groups -OCH3 is 1. The van der Waals surface area contributed by atoms with E-state index in [0.29, 0.717) is 36.4 Å². The van der Waals surface area contributed by atoms with Gasteiger partial charge in [-0.05, 0) is 49.2 Å². The summed E-state index contributed by atoms with van der Waals surface area (Å²) in [6, 6.07) is 12.6. The van der Waals surface area contributed by atoms with Gasteiger partial charge in [-0.3, -0.25) is 9.69 Å². The summed E-state index contributed by atoms with van der Waals surface area (Å²) >= 11 is 0. The van der Waals surface area contributed by atoms with E-state index in [1.54, 1.807) is 24.3 Å². The molecule has 2 aromatic heterocycles. The average molecular weight is 558 g/mol. The zero-order valence-corrected chi connectivity index (χ0v) is 21.4. The van der Waals surface area contributed by atoms with Gasteiger partial charge in [0, 0.05) is 18.7 Å². The first-order valence-corrected chi connectivity index (χ1v) is 12.5. The molecule has 13 heteroatoms. The predicted molar refractivity (Wildman–Crippen MR) is 136 cm³/mol. The molecular formula is C27H26F3N5O5. The summed E-state index contributed by atoms with van der Waals surface area (Å²) in [7, 11) is 1.46. The van der Waals surface area contributed by atoms with Crippen LogP contribution < -0.4 is 4.74 Å². The Balaban J connectivity index is 1.34. The third-order valence-electron chi connectivity index (χ3n) is 6.85. The molecule has 1 aliphatic rings. The second kappa shape index (κ2) is 11.1. The van der Waals surface area contributed by atoms with Crippen LogP contribution in [0.25, 0.3) is 28.5 Å². The number of hydrogen-bond donors (Lipinski definition) is 2. The van der Waals surface area contributed by atoms with Gasteiger partial charge in [0.25, 0.3) is 5.89 Å². The van der Waals surface area contributed by atoms with Gasteiger partial charge in [0.2, 0.25) is 5.82 Å². The second-order valence-corrected chi connectivity index (χ2v) is 9.51. The number of aliphatic hydroxyl groups excluding tert-OH is 1. The van der Waals surface area contributed by atoms with Gasteiger partial charge in [0.1, 0.15) is 5.75 Å². The first-order valence-electron chi connectivity index (χ1n) is 12.5. The number of β-amino-alcohol motifs (C(OH)–C–C–N with tert-alkyl or cyclic N) is 1. The molecule has 3 heterocycles. The highest BCUT2D eigenvalue weighted by molar-refractivity contribution is 5.70. The Morgan fingerprint density at radius 2 is 1.90 bits per heavy atom. The van der Waals surface area contributed by atoms with Gasteiger partial charge in [0.05, 0.1) is 36.6 Å². The Bertz CT molecular complexity index is 1470. The molecule has 1 aliphatic heterocycles. The maximum atomic E-state index is 14.1. The number of nitrogens with zero attached hydrogens (tertiary/aromatic N) is 5. The van der Waals surface area contributed by atoms with Crippen molar-refractivity contribution in [2.45, 2.75) is 25.1 Å². The minimum absolute atomic E-state index is 0.0710. The van der Waals surface area contributed by atoms with E-state index >= 15 is 0 Å². The molecular weight excluding hydrogens is 531 g/mol. The number of carboxylic acids is 1. The minimum atomic E-state index is -4.77. The molecule has 1 fully saturated rings. The number of halogens is 3. The summed E-state index contributed by atoms with van der Waals surface area (Å²) in [6.07, 6.45) is -3.22. The van der Waals surface area contributed by atoms with E-state index in [0.717, 1.165) is 17.3 Å². The zero-order valence-electron chi connectivity index (χ0n) is 21.4. The SMILES string of the molecule is COc1ccc(-n2ncc(-c3nc(-c4ccc([C@H](O)CN5CCC[C@H](C(=O)O)C5)cc4)no3)c2C(F)(F)F)cc1. The van der Waals surface area contributed by atoms with Crippen LogP contribution in [0.5, 0.6) is 5.75 Å². The topological polar surface area (TPSA) is 127 Å². The fourth-order valence-corrected chi connectivity index (χ4v) is 4.77. The summed E-state index contributed by atoms with van der Waals surface area (Å²) in [6.45, 7) is 1.37. The number of carboxylic acid groups (broad SMARTS) is 1. The smallest absolute Gasteiger partial charge is 0.434 e. The van der Waals surface area contributed by atoms with Gasteiger partial charge in [-0.25, -0.2) is 4.68 Å². The fraction of sp³-hybridized carbons (Fsp3) is 0.333. The van der Waals surface area contributed by atoms with Crippen LogP contribution in [-0.2, 0) is 11.0 Å². The van der Waals surface area contributed by atoms with Crippen molar-refractivity contribution >= 4 is 5.97 Å². The highest BCUT2D eigenvalue weighted by Gasteiger charge is 2.40. The number of aliphatic hydroxyl groups is 1. The van der Waals surface area contributed by atoms with Crippen LogP contribution in [-0.4, -0.2) is 67.7 Å². The van der Waals surface area contributed by atoms with Crippen molar-refractivity contribution in [3.8, 4) is 34.3 Å². The quantitative estimate of drug-likeness (QED) is 0.323. The Morgan fingerprint density at radius 1 is 1.18 bits per heavy atom. The molecule has 4 aromatic rings. The summed E-state index contributed by atoms with van der Waals surface area (Å²) in [5.41, 5.74) is -0.170. The molecule has 10 nitrogen and oxygen atoms in total. The second-order valence-electron chi connectivity index (χ2n) is 9.51. The van der Waals surface area contributed by atoms with E-state index in [9.17, 15) is 28.2 Å². The first kappa shape index (κ1) is 27.3. The van der Waals surface area contributed by atoms with Gasteiger partial charge >= 0.3 is 12.1 Å². The maximum Gasteiger partial charge on any atom is 0.434 e. The standard InChI is InChI=1S/C27H26F3N5O5/c1-39-20-10-8-19(9-11-20)35-23(27(28,29)30)21(13-31-35)25-32-24(33-40-25)17-6-4-16(5-7-17)22(36)15-34-12-2-3-18(14-34)26(37)38/h4-11,13,18,22,36H,2-3,12,14-15H2,1H3,(H,37,38)/t18-,22+/m0/s1. The van der Waals surface area contributed by atoms with Crippen molar-refractivity contribution < 1.29 is 37.4 Å². The highest BCUT2D eigenvalue weighted by atomic mass is 19.4. The van der Waals surface area contributed by atoms with Gasteiger partial charge in [-0.15, -0.1) is 0 Å². The van der Waals surface area contributed by atoms with Crippen molar-refractivity contribution in [2.75, 3.05) is 26.7 Å². The van der Waals surface area contributed by atoms with Crippen LogP contribution in [0.3, 0.4) is 0 Å². The first-order chi connectivity index (χ1) is 19.1. The van der Waals surface area contributed by atoms with Crippen molar-refractivity contribution in [3.63, 3.8) is 0 Å². The Kier molecular flexibility index (Phi) is 7.59. The van der Waals surface area contributed by atoms with Crippen LogP contribution in [0.2, 0.25) is 0 Å². The molecule has 1 saturated heterocycles. The number of benzene rings is 2. The number of piperidine rings is 1. The van der Waals surface area contributed by atoms with E-state index in [2.05, 4.69) is 15.2 Å². The van der Waals surface area contributed by atoms with Crippen LogP contribution in [0.4, 0.5) is 13.2 Å². The van der Waals surface area contributed by atoms with Crippen molar-refractivity contribution in [1.29, 1.82) is 0 Å². The molecule has 2 N–H and O–H groups in total. The predicted octanol–water partition coefficient (Wildman–Crippen LogP) is 4.45. The number of rotatable bonds is 8. The largest absolute Gasteiger partial charge is 0.497 e. The molecule has 5 rings (SSSR count). The lowest BCUT2D eigenvalue weighted by Gasteiger charge is -2.32. The third-order valence-corrected chi connectivity index (χ3v) is 6.85. The number of aliphatic carboxylic acids is 1. The third kappa shape index (κ3) is 5.70. The number of alkyl halides is 3. The average Bonchev–Trinajstić information content (AvgIpc) is 3.61. The van der Waals surface area contributed by atoms with Gasteiger partial charge < -0.3 is 19.5 Å². The number of carbonyl (C=O) groups is 1. The maximum absolute atomic E-state index is 14.1. The lowest BCUT2D eigenvalue weighted by Crippen LogP contribution is -2.40. The van der Waals surface area contributed by atoms with Crippen molar-refractivity contribution in [2.24, 2.45) is 5.92 Å². The van der Waals surface area contributed by atoms with E-state index in [1.165, 1.54) is 31.4 Å². The fourth-order valence-electron chi connectivity index (χ4n) is 4.77. The van der Waals surface area contributed by atoms with Gasteiger partial charge in [-0.1, -0.05) is 29.4 Å². The van der Waals surface area contributed by atoms with Crippen LogP contribution in [0.1, 0.15) is 30.2 Å². The normalized spacial score (nSPS) is 17.1. The highest BCUT2D eigenvalue weighted by Crippen LogP contribution is 2.38. The van der Waals surface area contributed by atoms with Crippen molar-refractivity contribution in [1.82, 2.24) is 24.8 Å².